The third-order valence-electron chi connectivity index (χ3n) is 2.87. The Balaban J connectivity index is 2.65. The zero-order valence-corrected chi connectivity index (χ0v) is 13.4. The first kappa shape index (κ1) is 17.4. The molecule has 2 aromatic carbocycles. The van der Waals surface area contributed by atoms with Crippen LogP contribution in [-0.2, 0) is 16.2 Å². The average Bonchev–Trinajstić information content (AvgIpc) is 2.34. The van der Waals surface area contributed by atoms with Crippen molar-refractivity contribution in [2.45, 2.75) is 6.18 Å². The summed E-state index contributed by atoms with van der Waals surface area (Å²) >= 11 is 5.94. The molecule has 0 unspecified atom stereocenters. The van der Waals surface area contributed by atoms with E-state index in [1.165, 1.54) is 30.3 Å². The van der Waals surface area contributed by atoms with Crippen LogP contribution in [0.3, 0.4) is 0 Å². The van der Waals surface area contributed by atoms with Crippen molar-refractivity contribution in [1.82, 2.24) is 0 Å². The molecule has 0 aliphatic heterocycles. The van der Waals surface area contributed by atoms with Gasteiger partial charge in [-0.2, -0.15) is 13.2 Å². The fourth-order valence-electron chi connectivity index (χ4n) is 2.10. The van der Waals surface area contributed by atoms with Crippen LogP contribution in [0.2, 0.25) is 5.02 Å². The zero-order chi connectivity index (χ0) is 17.4. The lowest BCUT2D eigenvalue weighted by molar-refractivity contribution is -0.137. The normalized spacial score (nSPS) is 12.2. The number of hydrogen-bond acceptors (Lipinski definition) is 3. The second kappa shape index (κ2) is 5.93. The smallest absolute Gasteiger partial charge is 0.399 e. The van der Waals surface area contributed by atoms with Crippen molar-refractivity contribution < 1.29 is 21.6 Å². The van der Waals surface area contributed by atoms with E-state index in [4.69, 9.17) is 17.3 Å². The number of nitrogens with one attached hydrogen (secondary N) is 1. The van der Waals surface area contributed by atoms with Crippen LogP contribution in [0.1, 0.15) is 5.56 Å². The van der Waals surface area contributed by atoms with Gasteiger partial charge in [-0.1, -0.05) is 23.7 Å². The topological polar surface area (TPSA) is 72.2 Å². The summed E-state index contributed by atoms with van der Waals surface area (Å²) in [6.45, 7) is 0. The van der Waals surface area contributed by atoms with E-state index in [2.05, 4.69) is 4.72 Å². The van der Waals surface area contributed by atoms with Gasteiger partial charge < -0.3 is 5.73 Å². The van der Waals surface area contributed by atoms with Crippen molar-refractivity contribution in [3.63, 3.8) is 0 Å². The highest BCUT2D eigenvalue weighted by Crippen LogP contribution is 2.42. The SMILES string of the molecule is CS(=O)(=O)Nc1cccc(-c2c(Cl)cc(N)cc2C(F)(F)F)c1. The number of nitrogen functional groups attached to an aromatic ring is 1. The molecule has 0 spiro atoms. The van der Waals surface area contributed by atoms with E-state index in [0.717, 1.165) is 12.3 Å². The molecule has 2 rings (SSSR count). The molecule has 0 fully saturated rings. The first-order valence-corrected chi connectivity index (χ1v) is 8.49. The van der Waals surface area contributed by atoms with Crippen molar-refractivity contribution >= 4 is 33.0 Å². The van der Waals surface area contributed by atoms with Crippen LogP contribution in [0.5, 0.6) is 0 Å². The molecule has 3 N–H and O–H groups in total. The number of nitrogens with two attached hydrogens (primary N) is 1. The van der Waals surface area contributed by atoms with E-state index in [-0.39, 0.29) is 27.5 Å². The minimum absolute atomic E-state index is 0.114. The molecule has 0 atom stereocenters. The molecule has 23 heavy (non-hydrogen) atoms. The van der Waals surface area contributed by atoms with Crippen LogP contribution < -0.4 is 10.5 Å². The minimum Gasteiger partial charge on any atom is -0.399 e. The van der Waals surface area contributed by atoms with Gasteiger partial charge in [0.1, 0.15) is 0 Å². The molecule has 0 radical (unpaired) electrons. The average molecular weight is 365 g/mol. The van der Waals surface area contributed by atoms with Gasteiger partial charge in [-0.3, -0.25) is 4.72 Å². The molecule has 0 aromatic heterocycles. The number of hydrogen-bond donors (Lipinski definition) is 2. The number of benzene rings is 2. The van der Waals surface area contributed by atoms with E-state index in [1.54, 1.807) is 0 Å². The van der Waals surface area contributed by atoms with Gasteiger partial charge in [0.2, 0.25) is 10.0 Å². The molecule has 0 saturated carbocycles. The van der Waals surface area contributed by atoms with Gasteiger partial charge in [0, 0.05) is 16.9 Å². The Hall–Kier alpha value is -1.93. The Kier molecular flexibility index (Phi) is 4.50. The van der Waals surface area contributed by atoms with Crippen LogP contribution in [0.25, 0.3) is 11.1 Å². The van der Waals surface area contributed by atoms with Gasteiger partial charge >= 0.3 is 6.18 Å². The van der Waals surface area contributed by atoms with Crippen molar-refractivity contribution in [2.24, 2.45) is 0 Å². The Morgan fingerprint density at radius 1 is 1.17 bits per heavy atom. The molecule has 124 valence electrons. The lowest BCUT2D eigenvalue weighted by Crippen LogP contribution is -2.10. The molecule has 9 heteroatoms. The summed E-state index contributed by atoms with van der Waals surface area (Å²) in [7, 11) is -3.56. The van der Waals surface area contributed by atoms with Crippen LogP contribution >= 0.6 is 11.6 Å². The highest BCUT2D eigenvalue weighted by atomic mass is 35.5. The largest absolute Gasteiger partial charge is 0.417 e. The second-order valence-corrected chi connectivity index (χ2v) is 7.03. The van der Waals surface area contributed by atoms with Crippen molar-refractivity contribution in [3.8, 4) is 11.1 Å². The maximum Gasteiger partial charge on any atom is 0.417 e. The molecule has 0 aliphatic rings. The summed E-state index contributed by atoms with van der Waals surface area (Å²) in [5.41, 5.74) is 4.33. The summed E-state index contributed by atoms with van der Waals surface area (Å²) in [5, 5.41) is -0.172. The number of halogens is 4. The number of sulfonamides is 1. The first-order valence-electron chi connectivity index (χ1n) is 6.22. The summed E-state index contributed by atoms with van der Waals surface area (Å²) in [6.07, 6.45) is -3.72. The fourth-order valence-corrected chi connectivity index (χ4v) is 2.99. The molecule has 4 nitrogen and oxygen atoms in total. The Morgan fingerprint density at radius 2 is 1.83 bits per heavy atom. The number of anilines is 2. The molecular formula is C14H12ClF3N2O2S. The van der Waals surface area contributed by atoms with E-state index in [9.17, 15) is 21.6 Å². The van der Waals surface area contributed by atoms with E-state index in [1.807, 2.05) is 0 Å². The van der Waals surface area contributed by atoms with Crippen LogP contribution in [0.15, 0.2) is 36.4 Å². The lowest BCUT2D eigenvalue weighted by atomic mass is 9.98. The number of alkyl halides is 3. The van der Waals surface area contributed by atoms with Gasteiger partial charge in [-0.25, -0.2) is 8.42 Å². The zero-order valence-electron chi connectivity index (χ0n) is 11.8. The third-order valence-corrected chi connectivity index (χ3v) is 3.78. The monoisotopic (exact) mass is 364 g/mol. The molecular weight excluding hydrogens is 353 g/mol. The van der Waals surface area contributed by atoms with E-state index < -0.39 is 21.8 Å². The van der Waals surface area contributed by atoms with Gasteiger partial charge in [0.05, 0.1) is 16.8 Å². The third kappa shape index (κ3) is 4.29. The van der Waals surface area contributed by atoms with Gasteiger partial charge in [-0.05, 0) is 29.8 Å². The Bertz CT molecular complexity index is 852. The van der Waals surface area contributed by atoms with Crippen LogP contribution in [0.4, 0.5) is 24.5 Å². The maximum absolute atomic E-state index is 13.2. The van der Waals surface area contributed by atoms with Gasteiger partial charge in [-0.15, -0.1) is 0 Å². The van der Waals surface area contributed by atoms with E-state index >= 15 is 0 Å². The van der Waals surface area contributed by atoms with Crippen molar-refractivity contribution in [2.75, 3.05) is 16.7 Å². The van der Waals surface area contributed by atoms with Gasteiger partial charge in [0.25, 0.3) is 0 Å². The summed E-state index contributed by atoms with van der Waals surface area (Å²) in [6, 6.07) is 7.52. The predicted molar refractivity (Wildman–Crippen MR) is 84.8 cm³/mol. The summed E-state index contributed by atoms with van der Waals surface area (Å²) < 4.78 is 64.4. The Labute approximate surface area is 136 Å². The lowest BCUT2D eigenvalue weighted by Gasteiger charge is -2.16. The van der Waals surface area contributed by atoms with Crippen molar-refractivity contribution in [1.29, 1.82) is 0 Å². The summed E-state index contributed by atoms with van der Waals surface area (Å²) in [5.74, 6) is 0. The molecule has 0 amide bonds. The van der Waals surface area contributed by atoms with Crippen LogP contribution in [0, 0.1) is 0 Å². The molecule has 0 heterocycles. The molecule has 0 bridgehead atoms. The van der Waals surface area contributed by atoms with Crippen LogP contribution in [-0.4, -0.2) is 14.7 Å². The summed E-state index contributed by atoms with van der Waals surface area (Å²) in [4.78, 5) is 0. The maximum atomic E-state index is 13.2. The highest BCUT2D eigenvalue weighted by Gasteiger charge is 2.35. The number of rotatable bonds is 3. The quantitative estimate of drug-likeness (QED) is 0.809. The second-order valence-electron chi connectivity index (χ2n) is 4.88. The molecule has 0 aliphatic carbocycles. The minimum atomic E-state index is -4.66. The highest BCUT2D eigenvalue weighted by molar-refractivity contribution is 7.92. The molecule has 0 saturated heterocycles. The predicted octanol–water partition coefficient (Wildman–Crippen LogP) is 3.98. The van der Waals surface area contributed by atoms with Gasteiger partial charge in [0.15, 0.2) is 0 Å². The standard InChI is InChI=1S/C14H12ClF3N2O2S/c1-23(21,22)20-10-4-2-3-8(5-10)13-11(14(16,17)18)6-9(19)7-12(13)15/h2-7,20H,19H2,1H3. The van der Waals surface area contributed by atoms with E-state index in [0.29, 0.717) is 0 Å². The van der Waals surface area contributed by atoms with Crippen molar-refractivity contribution in [3.05, 3.63) is 47.0 Å². The Morgan fingerprint density at radius 3 is 2.39 bits per heavy atom. The fraction of sp³-hybridized carbons (Fsp3) is 0.143. The molecule has 2 aromatic rings. The first-order chi connectivity index (χ1) is 10.5.